The standard InChI is InChI=1S/C23H30N6O3S/c1-13(2)29-23(24-16(6)26-29)19-12-28-8-9-32-21-11-20(31-7)17(10-18(21)22(28)25-19)15(5)27-33(30)14(3)4/h10-13,15,27H,3,8-9H2,1-2,4-7H3/t15-,33?/m0/s1. The Hall–Kier alpha value is -2.82. The maximum absolute atomic E-state index is 12.3. The lowest BCUT2D eigenvalue weighted by Crippen LogP contribution is -2.27. The Morgan fingerprint density at radius 3 is 2.70 bits per heavy atom. The van der Waals surface area contributed by atoms with E-state index >= 15 is 0 Å². The van der Waals surface area contributed by atoms with Gasteiger partial charge in [-0.05, 0) is 40.3 Å². The van der Waals surface area contributed by atoms with Gasteiger partial charge in [0, 0.05) is 30.8 Å². The second-order valence-electron chi connectivity index (χ2n) is 8.41. The lowest BCUT2D eigenvalue weighted by atomic mass is 10.0. The molecule has 2 atom stereocenters. The van der Waals surface area contributed by atoms with Gasteiger partial charge in [-0.3, -0.25) is 0 Å². The lowest BCUT2D eigenvalue weighted by Gasteiger charge is -2.20. The van der Waals surface area contributed by atoms with E-state index in [9.17, 15) is 4.55 Å². The van der Waals surface area contributed by atoms with E-state index in [0.717, 1.165) is 28.5 Å². The highest BCUT2D eigenvalue weighted by Crippen LogP contribution is 2.40. The second-order valence-corrected chi connectivity index (χ2v) is 9.88. The van der Waals surface area contributed by atoms with Gasteiger partial charge < -0.3 is 18.6 Å². The fourth-order valence-electron chi connectivity index (χ4n) is 3.84. The molecule has 1 unspecified atom stereocenters. The number of hydrogen-bond donors (Lipinski definition) is 1. The summed E-state index contributed by atoms with van der Waals surface area (Å²) in [4.78, 5) is 10.1. The molecule has 0 amide bonds. The van der Waals surface area contributed by atoms with Crippen molar-refractivity contribution < 1.29 is 14.0 Å². The van der Waals surface area contributed by atoms with Crippen molar-refractivity contribution in [3.63, 3.8) is 0 Å². The summed E-state index contributed by atoms with van der Waals surface area (Å²) in [5, 5.41) is 4.53. The van der Waals surface area contributed by atoms with Crippen LogP contribution in [0.15, 0.2) is 29.8 Å². The molecule has 3 heterocycles. The first kappa shape index (κ1) is 23.3. The molecule has 0 saturated heterocycles. The minimum atomic E-state index is -1.36. The quantitative estimate of drug-likeness (QED) is 0.522. The third-order valence-electron chi connectivity index (χ3n) is 5.46. The van der Waals surface area contributed by atoms with Gasteiger partial charge in [0.15, 0.2) is 5.82 Å². The Kier molecular flexibility index (Phi) is 6.51. The maximum Gasteiger partial charge on any atom is 0.178 e. The van der Waals surface area contributed by atoms with Crippen molar-refractivity contribution in [2.24, 2.45) is 0 Å². The Morgan fingerprint density at radius 2 is 2.03 bits per heavy atom. The van der Waals surface area contributed by atoms with E-state index in [4.69, 9.17) is 14.5 Å². The first-order chi connectivity index (χ1) is 15.7. The van der Waals surface area contributed by atoms with Crippen molar-refractivity contribution >= 4 is 11.4 Å². The van der Waals surface area contributed by atoms with Gasteiger partial charge in [0.25, 0.3) is 0 Å². The number of aryl methyl sites for hydroxylation is 1. The summed E-state index contributed by atoms with van der Waals surface area (Å²) in [5.41, 5.74) is 2.46. The van der Waals surface area contributed by atoms with Crippen LogP contribution in [0.2, 0.25) is 0 Å². The minimum Gasteiger partial charge on any atom is -0.593 e. The molecule has 0 radical (unpaired) electrons. The average Bonchev–Trinajstić information content (AvgIpc) is 3.32. The fourth-order valence-corrected chi connectivity index (χ4v) is 4.49. The number of nitrogens with one attached hydrogen (secondary N) is 1. The van der Waals surface area contributed by atoms with Crippen LogP contribution in [0.5, 0.6) is 11.5 Å². The second kappa shape index (κ2) is 9.20. The number of fused-ring (bicyclic) bond motifs is 3. The average molecular weight is 471 g/mol. The number of rotatable bonds is 7. The molecule has 176 valence electrons. The van der Waals surface area contributed by atoms with Gasteiger partial charge in [0.2, 0.25) is 0 Å². The van der Waals surface area contributed by atoms with Gasteiger partial charge in [-0.15, -0.1) is 4.72 Å². The highest BCUT2D eigenvalue weighted by molar-refractivity contribution is 7.93. The molecular formula is C23H30N6O3S. The van der Waals surface area contributed by atoms with Gasteiger partial charge in [-0.2, -0.15) is 5.10 Å². The number of nitrogens with zero attached hydrogens (tertiary/aromatic N) is 5. The largest absolute Gasteiger partial charge is 0.593 e. The van der Waals surface area contributed by atoms with Crippen molar-refractivity contribution in [3.8, 4) is 34.4 Å². The van der Waals surface area contributed by atoms with Crippen LogP contribution in [0.3, 0.4) is 0 Å². The molecule has 4 rings (SSSR count). The van der Waals surface area contributed by atoms with E-state index in [0.29, 0.717) is 35.4 Å². The van der Waals surface area contributed by atoms with Crippen LogP contribution >= 0.6 is 0 Å². The molecule has 0 aliphatic carbocycles. The van der Waals surface area contributed by atoms with E-state index < -0.39 is 11.4 Å². The molecule has 0 bridgehead atoms. The topological polar surface area (TPSA) is 102 Å². The molecule has 33 heavy (non-hydrogen) atoms. The molecule has 1 aromatic carbocycles. The van der Waals surface area contributed by atoms with Crippen molar-refractivity contribution in [2.75, 3.05) is 13.7 Å². The Balaban J connectivity index is 1.81. The van der Waals surface area contributed by atoms with Crippen LogP contribution in [0.1, 0.15) is 51.2 Å². The van der Waals surface area contributed by atoms with Crippen LogP contribution in [0.25, 0.3) is 22.9 Å². The lowest BCUT2D eigenvalue weighted by molar-refractivity contribution is 0.304. The summed E-state index contributed by atoms with van der Waals surface area (Å²) in [6, 6.07) is 3.78. The predicted molar refractivity (Wildman–Crippen MR) is 128 cm³/mol. The zero-order valence-corrected chi connectivity index (χ0v) is 20.7. The molecular weight excluding hydrogens is 440 g/mol. The van der Waals surface area contributed by atoms with Crippen molar-refractivity contribution in [1.29, 1.82) is 0 Å². The predicted octanol–water partition coefficient (Wildman–Crippen LogP) is 3.95. The zero-order valence-electron chi connectivity index (χ0n) is 19.9. The SMILES string of the molecule is C=C(C)[S+]([O-])N[C@@H](C)c1cc2c(cc1OC)OCCn1cc(-c3nc(C)nn3C(C)C)nc1-2. The summed E-state index contributed by atoms with van der Waals surface area (Å²) in [5.74, 6) is 3.59. The number of ether oxygens (including phenoxy) is 2. The van der Waals surface area contributed by atoms with Crippen LogP contribution < -0.4 is 14.2 Å². The van der Waals surface area contributed by atoms with Crippen LogP contribution in [0, 0.1) is 6.92 Å². The summed E-state index contributed by atoms with van der Waals surface area (Å²) in [6.07, 6.45) is 2.00. The number of aromatic nitrogens is 5. The Morgan fingerprint density at radius 1 is 1.27 bits per heavy atom. The number of hydrogen-bond acceptors (Lipinski definition) is 7. The molecule has 2 aromatic heterocycles. The first-order valence-electron chi connectivity index (χ1n) is 10.9. The van der Waals surface area contributed by atoms with E-state index in [1.165, 1.54) is 0 Å². The van der Waals surface area contributed by atoms with E-state index in [2.05, 4.69) is 39.8 Å². The highest BCUT2D eigenvalue weighted by atomic mass is 32.2. The molecule has 0 spiro atoms. The van der Waals surface area contributed by atoms with Gasteiger partial charge in [0.1, 0.15) is 40.4 Å². The summed E-state index contributed by atoms with van der Waals surface area (Å²) in [7, 11) is 1.62. The maximum atomic E-state index is 12.3. The smallest absolute Gasteiger partial charge is 0.178 e. The number of allylic oxidation sites excluding steroid dienone is 1. The monoisotopic (exact) mass is 470 g/mol. The summed E-state index contributed by atoms with van der Waals surface area (Å²) in [6.45, 7) is 14.6. The molecule has 3 aromatic rings. The third-order valence-corrected chi connectivity index (χ3v) is 6.66. The molecule has 1 N–H and O–H groups in total. The van der Waals surface area contributed by atoms with Crippen LogP contribution in [0.4, 0.5) is 0 Å². The molecule has 10 heteroatoms. The molecule has 0 fully saturated rings. The van der Waals surface area contributed by atoms with Crippen molar-refractivity contribution in [2.45, 2.75) is 53.2 Å². The minimum absolute atomic E-state index is 0.162. The number of methoxy groups -OCH3 is 1. The fraction of sp³-hybridized carbons (Fsp3) is 0.435. The van der Waals surface area contributed by atoms with Crippen molar-refractivity contribution in [1.82, 2.24) is 29.0 Å². The normalized spacial score (nSPS) is 14.8. The zero-order chi connectivity index (χ0) is 23.9. The van der Waals surface area contributed by atoms with Gasteiger partial charge in [0.05, 0.1) is 36.6 Å². The van der Waals surface area contributed by atoms with Crippen molar-refractivity contribution in [3.05, 3.63) is 41.2 Å². The summed E-state index contributed by atoms with van der Waals surface area (Å²) >= 11 is -1.36. The Bertz CT molecular complexity index is 1190. The third kappa shape index (κ3) is 4.50. The first-order valence-corrected chi connectivity index (χ1v) is 12.0. The van der Waals surface area contributed by atoms with Crippen LogP contribution in [-0.2, 0) is 17.9 Å². The number of benzene rings is 1. The summed E-state index contributed by atoms with van der Waals surface area (Å²) < 4.78 is 31.0. The van der Waals surface area contributed by atoms with Crippen LogP contribution in [-0.4, -0.2) is 42.6 Å². The van der Waals surface area contributed by atoms with E-state index in [-0.39, 0.29) is 12.1 Å². The number of imidazole rings is 1. The van der Waals surface area contributed by atoms with E-state index in [1.807, 2.05) is 36.9 Å². The highest BCUT2D eigenvalue weighted by Gasteiger charge is 2.26. The van der Waals surface area contributed by atoms with Gasteiger partial charge in [-0.1, -0.05) is 0 Å². The molecule has 1 aliphatic rings. The van der Waals surface area contributed by atoms with Gasteiger partial charge in [-0.25, -0.2) is 14.6 Å². The van der Waals surface area contributed by atoms with Gasteiger partial charge >= 0.3 is 0 Å². The molecule has 1 aliphatic heterocycles. The van der Waals surface area contributed by atoms with E-state index in [1.54, 1.807) is 14.0 Å². The Labute approximate surface area is 197 Å². The molecule has 9 nitrogen and oxygen atoms in total. The molecule has 0 saturated carbocycles.